The first kappa shape index (κ1) is 20.3. The Labute approximate surface area is 159 Å². The van der Waals surface area contributed by atoms with Crippen molar-refractivity contribution in [2.45, 2.75) is 32.2 Å². The average molecular weight is 371 g/mol. The average Bonchev–Trinajstić information content (AvgIpc) is 2.62. The molecular formula is C21H25NO5. The molecule has 0 saturated heterocycles. The zero-order chi connectivity index (χ0) is 19.8. The SMILES string of the molecule is COc1cccc(CC(=O)N[C@H](CC(=O)O)Cc2ccc(C)cc2)c1OC. The second-order valence-corrected chi connectivity index (χ2v) is 6.38. The maximum absolute atomic E-state index is 12.5. The highest BCUT2D eigenvalue weighted by Crippen LogP contribution is 2.30. The zero-order valence-corrected chi connectivity index (χ0v) is 15.8. The van der Waals surface area contributed by atoms with E-state index in [1.807, 2.05) is 31.2 Å². The van der Waals surface area contributed by atoms with Crippen LogP contribution in [0.5, 0.6) is 11.5 Å². The number of amides is 1. The van der Waals surface area contributed by atoms with Gasteiger partial charge < -0.3 is 19.9 Å². The Morgan fingerprint density at radius 3 is 2.37 bits per heavy atom. The first-order valence-electron chi connectivity index (χ1n) is 8.69. The number of aliphatic carboxylic acids is 1. The first-order valence-corrected chi connectivity index (χ1v) is 8.69. The Kier molecular flexibility index (Phi) is 7.23. The van der Waals surface area contributed by atoms with Crippen LogP contribution in [0.2, 0.25) is 0 Å². The van der Waals surface area contributed by atoms with Crippen LogP contribution >= 0.6 is 0 Å². The summed E-state index contributed by atoms with van der Waals surface area (Å²) in [5.74, 6) is -0.167. The molecule has 0 aromatic heterocycles. The van der Waals surface area contributed by atoms with E-state index in [-0.39, 0.29) is 18.7 Å². The predicted octanol–water partition coefficient (Wildman–Crippen LogP) is 2.76. The fourth-order valence-electron chi connectivity index (χ4n) is 2.94. The zero-order valence-electron chi connectivity index (χ0n) is 15.8. The van der Waals surface area contributed by atoms with Gasteiger partial charge in [0.15, 0.2) is 11.5 Å². The topological polar surface area (TPSA) is 84.9 Å². The summed E-state index contributed by atoms with van der Waals surface area (Å²) in [6.07, 6.45) is 0.382. The number of methoxy groups -OCH3 is 2. The minimum absolute atomic E-state index is 0.0738. The van der Waals surface area contributed by atoms with Crippen molar-refractivity contribution < 1.29 is 24.2 Å². The Hall–Kier alpha value is -3.02. The molecule has 6 heteroatoms. The van der Waals surface area contributed by atoms with Crippen molar-refractivity contribution in [3.8, 4) is 11.5 Å². The second-order valence-electron chi connectivity index (χ2n) is 6.38. The lowest BCUT2D eigenvalue weighted by atomic mass is 10.0. The van der Waals surface area contributed by atoms with E-state index in [1.54, 1.807) is 18.2 Å². The maximum atomic E-state index is 12.5. The van der Waals surface area contributed by atoms with E-state index in [4.69, 9.17) is 9.47 Å². The Morgan fingerprint density at radius 2 is 1.78 bits per heavy atom. The summed E-state index contributed by atoms with van der Waals surface area (Å²) in [6.45, 7) is 1.99. The van der Waals surface area contributed by atoms with Crippen molar-refractivity contribution in [2.75, 3.05) is 14.2 Å². The molecule has 1 atom stereocenters. The van der Waals surface area contributed by atoms with Crippen LogP contribution < -0.4 is 14.8 Å². The van der Waals surface area contributed by atoms with Gasteiger partial charge in [0.1, 0.15) is 0 Å². The third-order valence-corrected chi connectivity index (χ3v) is 4.22. The molecule has 0 aliphatic heterocycles. The second kappa shape index (κ2) is 9.62. The molecule has 0 unspecified atom stereocenters. The number of benzene rings is 2. The van der Waals surface area contributed by atoms with Crippen LogP contribution in [-0.2, 0) is 22.4 Å². The Balaban J connectivity index is 2.09. The van der Waals surface area contributed by atoms with Gasteiger partial charge in [0.05, 0.1) is 27.1 Å². The lowest BCUT2D eigenvalue weighted by molar-refractivity contribution is -0.137. The van der Waals surface area contributed by atoms with E-state index >= 15 is 0 Å². The van der Waals surface area contributed by atoms with Crippen molar-refractivity contribution >= 4 is 11.9 Å². The van der Waals surface area contributed by atoms with Crippen molar-refractivity contribution in [3.05, 3.63) is 59.2 Å². The van der Waals surface area contributed by atoms with Gasteiger partial charge in [0.2, 0.25) is 5.91 Å². The van der Waals surface area contributed by atoms with Gasteiger partial charge in [0.25, 0.3) is 0 Å². The van der Waals surface area contributed by atoms with Crippen molar-refractivity contribution in [1.29, 1.82) is 0 Å². The quantitative estimate of drug-likeness (QED) is 0.708. The van der Waals surface area contributed by atoms with Gasteiger partial charge >= 0.3 is 5.97 Å². The minimum Gasteiger partial charge on any atom is -0.493 e. The van der Waals surface area contributed by atoms with Crippen LogP contribution in [0.25, 0.3) is 0 Å². The van der Waals surface area contributed by atoms with Gasteiger partial charge in [-0.3, -0.25) is 9.59 Å². The van der Waals surface area contributed by atoms with Gasteiger partial charge in [-0.2, -0.15) is 0 Å². The fraction of sp³-hybridized carbons (Fsp3) is 0.333. The molecule has 0 radical (unpaired) electrons. The normalized spacial score (nSPS) is 11.5. The fourth-order valence-corrected chi connectivity index (χ4v) is 2.94. The third-order valence-electron chi connectivity index (χ3n) is 4.22. The van der Waals surface area contributed by atoms with E-state index < -0.39 is 12.0 Å². The highest BCUT2D eigenvalue weighted by atomic mass is 16.5. The monoisotopic (exact) mass is 371 g/mol. The lowest BCUT2D eigenvalue weighted by Gasteiger charge is -2.18. The number of carbonyl (C=O) groups is 2. The number of para-hydroxylation sites is 1. The van der Waals surface area contributed by atoms with E-state index in [9.17, 15) is 14.7 Å². The number of rotatable bonds is 9. The van der Waals surface area contributed by atoms with Crippen LogP contribution in [0.1, 0.15) is 23.1 Å². The molecule has 0 aliphatic carbocycles. The summed E-state index contributed by atoms with van der Waals surface area (Å²) in [5, 5.41) is 12.0. The number of aryl methyl sites for hydroxylation is 1. The smallest absolute Gasteiger partial charge is 0.305 e. The van der Waals surface area contributed by atoms with Crippen LogP contribution in [0.3, 0.4) is 0 Å². The molecule has 0 spiro atoms. The molecule has 0 fully saturated rings. The van der Waals surface area contributed by atoms with Crippen LogP contribution in [0, 0.1) is 6.92 Å². The summed E-state index contributed by atoms with van der Waals surface area (Å²) >= 11 is 0. The first-order chi connectivity index (χ1) is 12.9. The summed E-state index contributed by atoms with van der Waals surface area (Å²) in [7, 11) is 3.05. The van der Waals surface area contributed by atoms with Gasteiger partial charge in [-0.1, -0.05) is 42.0 Å². The number of carboxylic acid groups (broad SMARTS) is 1. The highest BCUT2D eigenvalue weighted by molar-refractivity contribution is 5.80. The van der Waals surface area contributed by atoms with E-state index in [2.05, 4.69) is 5.32 Å². The summed E-state index contributed by atoms with van der Waals surface area (Å²) in [4.78, 5) is 23.7. The molecule has 0 aliphatic rings. The molecule has 27 heavy (non-hydrogen) atoms. The Bertz CT molecular complexity index is 786. The summed E-state index contributed by atoms with van der Waals surface area (Å²) < 4.78 is 10.6. The number of hydrogen-bond acceptors (Lipinski definition) is 4. The lowest BCUT2D eigenvalue weighted by Crippen LogP contribution is -2.39. The molecule has 144 valence electrons. The van der Waals surface area contributed by atoms with Crippen molar-refractivity contribution in [2.24, 2.45) is 0 Å². The van der Waals surface area contributed by atoms with E-state index in [0.29, 0.717) is 23.5 Å². The molecule has 2 N–H and O–H groups in total. The number of hydrogen-bond donors (Lipinski definition) is 2. The number of ether oxygens (including phenoxy) is 2. The van der Waals surface area contributed by atoms with Crippen molar-refractivity contribution in [1.82, 2.24) is 5.32 Å². The van der Waals surface area contributed by atoms with Gasteiger partial charge in [-0.25, -0.2) is 0 Å². The van der Waals surface area contributed by atoms with Crippen LogP contribution in [0.15, 0.2) is 42.5 Å². The molecule has 2 aromatic carbocycles. The van der Waals surface area contributed by atoms with Crippen LogP contribution in [0.4, 0.5) is 0 Å². The molecular weight excluding hydrogens is 346 g/mol. The number of carboxylic acids is 1. The third kappa shape index (κ3) is 6.02. The molecule has 1 amide bonds. The molecule has 0 heterocycles. The van der Waals surface area contributed by atoms with E-state index in [0.717, 1.165) is 11.1 Å². The summed E-state index contributed by atoms with van der Waals surface area (Å²) in [6, 6.07) is 12.7. The largest absolute Gasteiger partial charge is 0.493 e. The molecule has 6 nitrogen and oxygen atoms in total. The minimum atomic E-state index is -0.952. The molecule has 0 bridgehead atoms. The van der Waals surface area contributed by atoms with Crippen molar-refractivity contribution in [3.63, 3.8) is 0 Å². The number of nitrogens with one attached hydrogen (secondary N) is 1. The molecule has 2 rings (SSSR count). The predicted molar refractivity (Wildman–Crippen MR) is 102 cm³/mol. The standard InChI is InChI=1S/C21H25NO5/c1-14-7-9-15(10-8-14)11-17(13-20(24)25)22-19(23)12-16-5-4-6-18(26-2)21(16)27-3/h4-10,17H,11-13H2,1-3H3,(H,22,23)(H,24,25)/t17-/m0/s1. The van der Waals surface area contributed by atoms with E-state index in [1.165, 1.54) is 14.2 Å². The maximum Gasteiger partial charge on any atom is 0.305 e. The number of carbonyl (C=O) groups excluding carboxylic acids is 1. The van der Waals surface area contributed by atoms with Crippen LogP contribution in [-0.4, -0.2) is 37.2 Å². The molecule has 2 aromatic rings. The van der Waals surface area contributed by atoms with Gasteiger partial charge in [-0.15, -0.1) is 0 Å². The Morgan fingerprint density at radius 1 is 1.07 bits per heavy atom. The van der Waals surface area contributed by atoms with Gasteiger partial charge in [0, 0.05) is 11.6 Å². The highest BCUT2D eigenvalue weighted by Gasteiger charge is 2.19. The summed E-state index contributed by atoms with van der Waals surface area (Å²) in [5.41, 5.74) is 2.78. The van der Waals surface area contributed by atoms with Gasteiger partial charge in [-0.05, 0) is 25.0 Å². The molecule has 0 saturated carbocycles.